The minimum Gasteiger partial charge on any atom is -0.493 e. The van der Waals surface area contributed by atoms with Crippen molar-refractivity contribution < 1.29 is 17.9 Å². The van der Waals surface area contributed by atoms with Crippen LogP contribution in [-0.2, 0) is 11.5 Å². The van der Waals surface area contributed by atoms with Gasteiger partial charge in [0.25, 0.3) is 0 Å². The number of alkyl halides is 4. The molecule has 0 unspecified atom stereocenters. The van der Waals surface area contributed by atoms with Gasteiger partial charge in [-0.2, -0.15) is 13.2 Å². The molecule has 0 aliphatic heterocycles. The van der Waals surface area contributed by atoms with Crippen molar-refractivity contribution in [3.05, 3.63) is 29.3 Å². The maximum Gasteiger partial charge on any atom is 0.419 e. The fraction of sp³-hybridized carbons (Fsp3) is 0.538. The summed E-state index contributed by atoms with van der Waals surface area (Å²) in [7, 11) is 0. The topological polar surface area (TPSA) is 9.23 Å². The van der Waals surface area contributed by atoms with Crippen molar-refractivity contribution in [3.8, 4) is 5.75 Å². The molecule has 0 bridgehead atoms. The minimum absolute atomic E-state index is 0.0564. The average Bonchev–Trinajstić information content (AvgIpc) is 2.26. The van der Waals surface area contributed by atoms with Crippen molar-refractivity contribution >= 4 is 15.9 Å². The molecule has 0 N–H and O–H groups in total. The van der Waals surface area contributed by atoms with E-state index in [9.17, 15) is 13.2 Å². The van der Waals surface area contributed by atoms with Gasteiger partial charge in [-0.1, -0.05) is 28.4 Å². The van der Waals surface area contributed by atoms with Crippen molar-refractivity contribution in [1.29, 1.82) is 0 Å². The number of rotatable bonds is 4. The highest BCUT2D eigenvalue weighted by atomic mass is 79.9. The zero-order valence-corrected chi connectivity index (χ0v) is 11.4. The Morgan fingerprint density at radius 1 is 1.28 bits per heavy atom. The van der Waals surface area contributed by atoms with Gasteiger partial charge in [-0.15, -0.1) is 0 Å². The minimum atomic E-state index is -4.37. The molecule has 0 aromatic heterocycles. The molecule has 2 rings (SSSR count). The third-order valence-electron chi connectivity index (χ3n) is 3.20. The first-order valence-corrected chi connectivity index (χ1v) is 7.01. The molecule has 0 atom stereocenters. The third-order valence-corrected chi connectivity index (χ3v) is 3.85. The summed E-state index contributed by atoms with van der Waals surface area (Å²) in [6.07, 6.45) is -1.10. The predicted molar refractivity (Wildman–Crippen MR) is 66.9 cm³/mol. The van der Waals surface area contributed by atoms with Gasteiger partial charge >= 0.3 is 6.18 Å². The molecule has 1 fully saturated rings. The molecule has 1 aromatic rings. The van der Waals surface area contributed by atoms with Gasteiger partial charge in [-0.3, -0.25) is 0 Å². The Labute approximate surface area is 112 Å². The molecule has 1 saturated carbocycles. The summed E-state index contributed by atoms with van der Waals surface area (Å²) in [5.41, 5.74) is -0.0860. The van der Waals surface area contributed by atoms with Crippen LogP contribution >= 0.6 is 15.9 Å². The van der Waals surface area contributed by atoms with Crippen molar-refractivity contribution in [1.82, 2.24) is 0 Å². The van der Waals surface area contributed by atoms with E-state index in [1.165, 1.54) is 6.07 Å². The van der Waals surface area contributed by atoms with Gasteiger partial charge in [0.1, 0.15) is 5.75 Å². The molecule has 18 heavy (non-hydrogen) atoms. The second-order valence-electron chi connectivity index (χ2n) is 4.57. The lowest BCUT2D eigenvalue weighted by Crippen LogP contribution is -2.20. The molecular weight excluding hydrogens is 309 g/mol. The van der Waals surface area contributed by atoms with Crippen molar-refractivity contribution in [2.45, 2.75) is 30.8 Å². The van der Waals surface area contributed by atoms with Gasteiger partial charge in [0.2, 0.25) is 0 Å². The van der Waals surface area contributed by atoms with E-state index in [2.05, 4.69) is 15.9 Å². The second kappa shape index (κ2) is 5.51. The van der Waals surface area contributed by atoms with Crippen molar-refractivity contribution in [3.63, 3.8) is 0 Å². The lowest BCUT2D eigenvalue weighted by Gasteiger charge is -2.26. The predicted octanol–water partition coefficient (Wildman–Crippen LogP) is 4.78. The molecule has 0 saturated heterocycles. The highest BCUT2D eigenvalue weighted by molar-refractivity contribution is 9.08. The molecule has 1 nitrogen and oxygen atoms in total. The third kappa shape index (κ3) is 3.19. The number of hydrogen-bond donors (Lipinski definition) is 0. The molecule has 1 aliphatic carbocycles. The summed E-state index contributed by atoms with van der Waals surface area (Å²) in [5.74, 6) is 0.362. The number of ether oxygens (including phenoxy) is 1. The summed E-state index contributed by atoms with van der Waals surface area (Å²) >= 11 is 3.16. The smallest absolute Gasteiger partial charge is 0.419 e. The average molecular weight is 323 g/mol. The fourth-order valence-corrected chi connectivity index (χ4v) is 2.22. The summed E-state index contributed by atoms with van der Waals surface area (Å²) < 4.78 is 44.0. The number of hydrogen-bond acceptors (Lipinski definition) is 1. The van der Waals surface area contributed by atoms with Gasteiger partial charge in [-0.05, 0) is 36.5 Å². The zero-order valence-electron chi connectivity index (χ0n) is 9.77. The van der Waals surface area contributed by atoms with E-state index < -0.39 is 11.7 Å². The van der Waals surface area contributed by atoms with E-state index in [1.54, 1.807) is 6.07 Å². The maximum atomic E-state index is 12.9. The Morgan fingerprint density at radius 3 is 2.50 bits per heavy atom. The number of halogens is 4. The zero-order chi connectivity index (χ0) is 13.2. The molecule has 100 valence electrons. The van der Waals surface area contributed by atoms with Crippen LogP contribution in [-0.4, -0.2) is 6.61 Å². The van der Waals surface area contributed by atoms with Crippen molar-refractivity contribution in [2.24, 2.45) is 5.92 Å². The monoisotopic (exact) mass is 322 g/mol. The van der Waals surface area contributed by atoms with Crippen LogP contribution in [0.4, 0.5) is 13.2 Å². The summed E-state index contributed by atoms with van der Waals surface area (Å²) in [6, 6.07) is 4.21. The van der Waals surface area contributed by atoms with Crippen LogP contribution < -0.4 is 4.74 Å². The molecule has 1 aromatic carbocycles. The van der Waals surface area contributed by atoms with Crippen LogP contribution in [0.2, 0.25) is 0 Å². The van der Waals surface area contributed by atoms with E-state index in [0.29, 0.717) is 23.4 Å². The van der Waals surface area contributed by atoms with Gasteiger partial charge in [0.15, 0.2) is 0 Å². The Morgan fingerprint density at radius 2 is 2.00 bits per heavy atom. The first-order valence-electron chi connectivity index (χ1n) is 5.89. The van der Waals surface area contributed by atoms with E-state index in [4.69, 9.17) is 4.74 Å². The standard InChI is InChI=1S/C13H14BrF3O/c14-7-10-4-5-12(11(6-10)13(15,16)17)18-8-9-2-1-3-9/h4-6,9H,1-3,7-8H2. The Hall–Kier alpha value is -0.710. The maximum absolute atomic E-state index is 12.9. The second-order valence-corrected chi connectivity index (χ2v) is 5.13. The summed E-state index contributed by atoms with van der Waals surface area (Å²) in [6.45, 7) is 0.386. The van der Waals surface area contributed by atoms with E-state index in [1.807, 2.05) is 0 Å². The summed E-state index contributed by atoms with van der Waals surface area (Å²) in [4.78, 5) is 0. The van der Waals surface area contributed by atoms with Gasteiger partial charge in [0.05, 0.1) is 12.2 Å². The van der Waals surface area contributed by atoms with Crippen LogP contribution in [0.25, 0.3) is 0 Å². The Balaban J connectivity index is 2.16. The van der Waals surface area contributed by atoms with E-state index in [0.717, 1.165) is 25.3 Å². The van der Waals surface area contributed by atoms with Crippen LogP contribution in [0.1, 0.15) is 30.4 Å². The first kappa shape index (κ1) is 13.7. The largest absolute Gasteiger partial charge is 0.493 e. The highest BCUT2D eigenvalue weighted by Gasteiger charge is 2.35. The quantitative estimate of drug-likeness (QED) is 0.725. The van der Waals surface area contributed by atoms with Crippen LogP contribution in [0, 0.1) is 5.92 Å². The molecular formula is C13H14BrF3O. The fourth-order valence-electron chi connectivity index (χ4n) is 1.87. The van der Waals surface area contributed by atoms with Crippen LogP contribution in [0.15, 0.2) is 18.2 Å². The molecule has 0 spiro atoms. The van der Waals surface area contributed by atoms with Gasteiger partial charge < -0.3 is 4.74 Å². The normalized spacial score (nSPS) is 16.4. The lowest BCUT2D eigenvalue weighted by molar-refractivity contribution is -0.139. The van der Waals surface area contributed by atoms with Gasteiger partial charge in [-0.25, -0.2) is 0 Å². The Bertz CT molecular complexity index is 413. The van der Waals surface area contributed by atoms with Crippen LogP contribution in [0.5, 0.6) is 5.75 Å². The van der Waals surface area contributed by atoms with E-state index in [-0.39, 0.29) is 5.75 Å². The molecule has 0 amide bonds. The molecule has 0 radical (unpaired) electrons. The lowest BCUT2D eigenvalue weighted by atomic mass is 9.86. The van der Waals surface area contributed by atoms with Gasteiger partial charge in [0, 0.05) is 5.33 Å². The molecule has 0 heterocycles. The first-order chi connectivity index (χ1) is 8.50. The molecule has 1 aliphatic rings. The summed E-state index contributed by atoms with van der Waals surface area (Å²) in [5, 5.41) is 0.402. The molecule has 5 heteroatoms. The Kier molecular flexibility index (Phi) is 4.20. The highest BCUT2D eigenvalue weighted by Crippen LogP contribution is 2.38. The van der Waals surface area contributed by atoms with Crippen LogP contribution in [0.3, 0.4) is 0 Å². The number of benzene rings is 1. The SMILES string of the molecule is FC(F)(F)c1cc(CBr)ccc1OCC1CCC1. The van der Waals surface area contributed by atoms with E-state index >= 15 is 0 Å². The van der Waals surface area contributed by atoms with Crippen molar-refractivity contribution in [2.75, 3.05) is 6.61 Å².